The van der Waals surface area contributed by atoms with Gasteiger partial charge in [0.1, 0.15) is 5.75 Å². The standard InChI is InChI=1S/C19H23NO3/c1-18(2,3)19(12-17(21)22,15-8-6-10-20-13-15)14-7-5-9-16(11-14)23-4/h5-11,13H,12H2,1-4H3,(H,21,22). The molecule has 1 aromatic heterocycles. The van der Waals surface area contributed by atoms with Gasteiger partial charge in [-0.3, -0.25) is 9.78 Å². The number of nitrogens with zero attached hydrogens (tertiary/aromatic N) is 1. The van der Waals surface area contributed by atoms with Gasteiger partial charge in [-0.1, -0.05) is 39.0 Å². The number of carboxylic acid groups (broad SMARTS) is 1. The molecular formula is C19H23NO3. The fourth-order valence-corrected chi connectivity index (χ4v) is 3.23. The molecule has 122 valence electrons. The van der Waals surface area contributed by atoms with Crippen molar-refractivity contribution in [3.05, 3.63) is 59.9 Å². The molecule has 23 heavy (non-hydrogen) atoms. The van der Waals surface area contributed by atoms with Crippen LogP contribution >= 0.6 is 0 Å². The fraction of sp³-hybridized carbons (Fsp3) is 0.368. The molecule has 1 N–H and O–H groups in total. The van der Waals surface area contributed by atoms with Gasteiger partial charge in [-0.2, -0.15) is 0 Å². The lowest BCUT2D eigenvalue weighted by Gasteiger charge is -2.45. The maximum Gasteiger partial charge on any atom is 0.304 e. The average Bonchev–Trinajstić information content (AvgIpc) is 2.52. The first-order valence-corrected chi connectivity index (χ1v) is 7.58. The van der Waals surface area contributed by atoms with Crippen LogP contribution in [0.15, 0.2) is 48.8 Å². The van der Waals surface area contributed by atoms with Gasteiger partial charge in [0.15, 0.2) is 0 Å². The number of hydrogen-bond donors (Lipinski definition) is 1. The van der Waals surface area contributed by atoms with Crippen LogP contribution in [0.3, 0.4) is 0 Å². The quantitative estimate of drug-likeness (QED) is 0.909. The van der Waals surface area contributed by atoms with Crippen molar-refractivity contribution in [2.24, 2.45) is 5.41 Å². The molecule has 0 aliphatic carbocycles. The third kappa shape index (κ3) is 3.21. The minimum absolute atomic E-state index is 0.0185. The molecule has 2 aromatic rings. The van der Waals surface area contributed by atoms with Crippen molar-refractivity contribution in [1.82, 2.24) is 4.98 Å². The first kappa shape index (κ1) is 17.0. The van der Waals surface area contributed by atoms with Gasteiger partial charge in [-0.05, 0) is 34.7 Å². The van der Waals surface area contributed by atoms with Gasteiger partial charge >= 0.3 is 5.97 Å². The lowest BCUT2D eigenvalue weighted by molar-refractivity contribution is -0.139. The Morgan fingerprint density at radius 1 is 1.17 bits per heavy atom. The van der Waals surface area contributed by atoms with Crippen LogP contribution in [0.4, 0.5) is 0 Å². The first-order chi connectivity index (χ1) is 10.8. The molecule has 1 aromatic carbocycles. The Kier molecular flexibility index (Phi) is 4.73. The molecular weight excluding hydrogens is 290 g/mol. The van der Waals surface area contributed by atoms with E-state index in [1.807, 2.05) is 36.4 Å². The third-order valence-corrected chi connectivity index (χ3v) is 4.41. The fourth-order valence-electron chi connectivity index (χ4n) is 3.23. The zero-order valence-electron chi connectivity index (χ0n) is 14.0. The van der Waals surface area contributed by atoms with Gasteiger partial charge in [0.2, 0.25) is 0 Å². The molecule has 1 heterocycles. The first-order valence-electron chi connectivity index (χ1n) is 7.58. The van der Waals surface area contributed by atoms with Crippen molar-refractivity contribution in [2.75, 3.05) is 7.11 Å². The molecule has 1 unspecified atom stereocenters. The second-order valence-electron chi connectivity index (χ2n) is 6.70. The summed E-state index contributed by atoms with van der Waals surface area (Å²) in [5.74, 6) is -0.128. The average molecular weight is 313 g/mol. The highest BCUT2D eigenvalue weighted by molar-refractivity contribution is 5.71. The van der Waals surface area contributed by atoms with Crippen molar-refractivity contribution in [3.8, 4) is 5.75 Å². The number of aromatic nitrogens is 1. The number of carbonyl (C=O) groups is 1. The molecule has 4 heteroatoms. The number of aliphatic carboxylic acids is 1. The van der Waals surface area contributed by atoms with E-state index in [1.54, 1.807) is 19.5 Å². The van der Waals surface area contributed by atoms with Crippen LogP contribution in [-0.2, 0) is 10.2 Å². The molecule has 0 amide bonds. The zero-order valence-corrected chi connectivity index (χ0v) is 14.0. The molecule has 1 atom stereocenters. The largest absolute Gasteiger partial charge is 0.497 e. The van der Waals surface area contributed by atoms with Gasteiger partial charge in [0.25, 0.3) is 0 Å². The highest BCUT2D eigenvalue weighted by atomic mass is 16.5. The Morgan fingerprint density at radius 3 is 2.39 bits per heavy atom. The van der Waals surface area contributed by atoms with Crippen LogP contribution in [0.5, 0.6) is 5.75 Å². The van der Waals surface area contributed by atoms with Gasteiger partial charge in [-0.15, -0.1) is 0 Å². The summed E-state index contributed by atoms with van der Waals surface area (Å²) in [7, 11) is 1.61. The predicted molar refractivity (Wildman–Crippen MR) is 89.7 cm³/mol. The van der Waals surface area contributed by atoms with Crippen LogP contribution in [0.2, 0.25) is 0 Å². The van der Waals surface area contributed by atoms with E-state index in [2.05, 4.69) is 25.8 Å². The zero-order chi connectivity index (χ0) is 17.1. The molecule has 0 spiro atoms. The molecule has 2 rings (SSSR count). The van der Waals surface area contributed by atoms with E-state index in [9.17, 15) is 9.90 Å². The van der Waals surface area contributed by atoms with E-state index in [-0.39, 0.29) is 11.8 Å². The number of benzene rings is 1. The SMILES string of the molecule is COc1cccc(C(CC(=O)O)(c2cccnc2)C(C)(C)C)c1. The Bertz CT molecular complexity index is 677. The van der Waals surface area contributed by atoms with Crippen LogP contribution in [0.1, 0.15) is 38.3 Å². The smallest absolute Gasteiger partial charge is 0.304 e. The van der Waals surface area contributed by atoms with Crippen molar-refractivity contribution in [2.45, 2.75) is 32.6 Å². The summed E-state index contributed by atoms with van der Waals surface area (Å²) in [6.45, 7) is 6.17. The van der Waals surface area contributed by atoms with E-state index in [0.29, 0.717) is 5.75 Å². The van der Waals surface area contributed by atoms with Gasteiger partial charge in [0, 0.05) is 17.8 Å². The monoisotopic (exact) mass is 313 g/mol. The number of carboxylic acids is 1. The molecule has 0 bridgehead atoms. The summed E-state index contributed by atoms with van der Waals surface area (Å²) in [6.07, 6.45) is 3.44. The lowest BCUT2D eigenvalue weighted by Crippen LogP contribution is -2.43. The number of ether oxygens (including phenoxy) is 1. The highest BCUT2D eigenvalue weighted by Gasteiger charge is 2.47. The van der Waals surface area contributed by atoms with Crippen molar-refractivity contribution in [1.29, 1.82) is 0 Å². The topological polar surface area (TPSA) is 59.4 Å². The third-order valence-electron chi connectivity index (χ3n) is 4.41. The Balaban J connectivity index is 2.78. The van der Waals surface area contributed by atoms with E-state index < -0.39 is 11.4 Å². The summed E-state index contributed by atoms with van der Waals surface area (Å²) in [5.41, 5.74) is 0.769. The normalized spacial score (nSPS) is 14.1. The second-order valence-corrected chi connectivity index (χ2v) is 6.70. The number of pyridine rings is 1. The van der Waals surface area contributed by atoms with Crippen LogP contribution in [0.25, 0.3) is 0 Å². The minimum Gasteiger partial charge on any atom is -0.497 e. The van der Waals surface area contributed by atoms with Crippen molar-refractivity contribution >= 4 is 5.97 Å². The van der Waals surface area contributed by atoms with Crippen molar-refractivity contribution in [3.63, 3.8) is 0 Å². The van der Waals surface area contributed by atoms with E-state index in [4.69, 9.17) is 4.74 Å². The summed E-state index contributed by atoms with van der Waals surface area (Å²) in [4.78, 5) is 15.9. The second kappa shape index (κ2) is 6.41. The summed E-state index contributed by atoms with van der Waals surface area (Å²) >= 11 is 0. The molecule has 0 saturated carbocycles. The summed E-state index contributed by atoms with van der Waals surface area (Å²) in [5, 5.41) is 9.61. The van der Waals surface area contributed by atoms with Crippen LogP contribution in [0, 0.1) is 5.41 Å². The van der Waals surface area contributed by atoms with E-state index in [1.165, 1.54) is 0 Å². The van der Waals surface area contributed by atoms with Gasteiger partial charge in [-0.25, -0.2) is 0 Å². The maximum absolute atomic E-state index is 11.7. The van der Waals surface area contributed by atoms with Crippen LogP contribution < -0.4 is 4.74 Å². The maximum atomic E-state index is 11.7. The number of rotatable bonds is 5. The van der Waals surface area contributed by atoms with E-state index in [0.717, 1.165) is 11.1 Å². The summed E-state index contributed by atoms with van der Waals surface area (Å²) < 4.78 is 5.34. The Morgan fingerprint density at radius 2 is 1.87 bits per heavy atom. The number of methoxy groups -OCH3 is 1. The van der Waals surface area contributed by atoms with Gasteiger partial charge in [0.05, 0.1) is 13.5 Å². The van der Waals surface area contributed by atoms with Crippen LogP contribution in [-0.4, -0.2) is 23.2 Å². The molecule has 0 aliphatic rings. The Labute approximate surface area is 137 Å². The highest BCUT2D eigenvalue weighted by Crippen LogP contribution is 2.49. The predicted octanol–water partition coefficient (Wildman–Crippen LogP) is 3.90. The lowest BCUT2D eigenvalue weighted by atomic mass is 9.57. The van der Waals surface area contributed by atoms with Gasteiger partial charge < -0.3 is 9.84 Å². The minimum atomic E-state index is -0.841. The molecule has 4 nitrogen and oxygen atoms in total. The molecule has 0 aliphatic heterocycles. The van der Waals surface area contributed by atoms with E-state index >= 15 is 0 Å². The summed E-state index contributed by atoms with van der Waals surface area (Å²) in [6, 6.07) is 11.4. The molecule has 0 saturated heterocycles. The Hall–Kier alpha value is -2.36. The number of hydrogen-bond acceptors (Lipinski definition) is 3. The molecule has 0 fully saturated rings. The van der Waals surface area contributed by atoms with Crippen molar-refractivity contribution < 1.29 is 14.6 Å². The molecule has 0 radical (unpaired) electrons.